The van der Waals surface area contributed by atoms with Crippen LogP contribution in [0.3, 0.4) is 0 Å². The van der Waals surface area contributed by atoms with E-state index in [1.54, 1.807) is 60.7 Å². The first kappa shape index (κ1) is 29.9. The van der Waals surface area contributed by atoms with Crippen molar-refractivity contribution in [3.63, 3.8) is 0 Å². The third-order valence-electron chi connectivity index (χ3n) is 6.23. The highest BCUT2D eigenvalue weighted by molar-refractivity contribution is 7.92. The van der Waals surface area contributed by atoms with Gasteiger partial charge in [-0.05, 0) is 104 Å². The number of aryl methyl sites for hydroxylation is 3. The largest absolute Gasteiger partial charge is 0.489 e. The second kappa shape index (κ2) is 13.1. The lowest BCUT2D eigenvalue weighted by molar-refractivity contribution is -0.384. The predicted octanol–water partition coefficient (Wildman–Crippen LogP) is 5.44. The van der Waals surface area contributed by atoms with Gasteiger partial charge in [0.1, 0.15) is 18.9 Å². The molecule has 0 heterocycles. The zero-order valence-corrected chi connectivity index (χ0v) is 24.2. The number of nitrogens with one attached hydrogen (secondary N) is 1. The molecule has 1 amide bonds. The minimum Gasteiger partial charge on any atom is -0.489 e. The number of non-ortho nitro benzene ring substituents is 1. The number of rotatable bonds is 11. The van der Waals surface area contributed by atoms with Crippen molar-refractivity contribution in [2.75, 3.05) is 10.8 Å². The summed E-state index contributed by atoms with van der Waals surface area (Å²) in [5.41, 5.74) is 6.93. The van der Waals surface area contributed by atoms with Gasteiger partial charge in [0, 0.05) is 12.1 Å². The van der Waals surface area contributed by atoms with Crippen LogP contribution < -0.4 is 14.5 Å². The van der Waals surface area contributed by atoms with E-state index in [0.29, 0.717) is 17.0 Å². The van der Waals surface area contributed by atoms with Crippen LogP contribution in [0.2, 0.25) is 0 Å². The average Bonchev–Trinajstić information content (AvgIpc) is 2.95. The number of hydrogen-bond acceptors (Lipinski definition) is 7. The molecule has 0 bridgehead atoms. The first-order valence-corrected chi connectivity index (χ1v) is 14.4. The Balaban J connectivity index is 1.40. The fraction of sp³-hybridized carbons (Fsp3) is 0.161. The summed E-state index contributed by atoms with van der Waals surface area (Å²) in [5, 5.41) is 14.8. The smallest absolute Gasteiger partial charge is 0.269 e. The number of amides is 1. The zero-order chi connectivity index (χ0) is 30.3. The number of ether oxygens (including phenoxy) is 1. The quantitative estimate of drug-likeness (QED) is 0.141. The fourth-order valence-corrected chi connectivity index (χ4v) is 5.53. The summed E-state index contributed by atoms with van der Waals surface area (Å²) in [6, 6.07) is 24.9. The summed E-state index contributed by atoms with van der Waals surface area (Å²) in [7, 11) is -4.04. The molecule has 216 valence electrons. The molecule has 10 nitrogen and oxygen atoms in total. The molecule has 1 N–H and O–H groups in total. The third-order valence-corrected chi connectivity index (χ3v) is 8.01. The number of nitro benzene ring substituents is 1. The first-order valence-electron chi connectivity index (χ1n) is 13.0. The van der Waals surface area contributed by atoms with E-state index in [0.717, 1.165) is 26.6 Å². The maximum atomic E-state index is 13.6. The van der Waals surface area contributed by atoms with E-state index >= 15 is 0 Å². The Labute approximate surface area is 244 Å². The number of nitro groups is 1. The van der Waals surface area contributed by atoms with Crippen LogP contribution >= 0.6 is 0 Å². The molecule has 0 saturated carbocycles. The van der Waals surface area contributed by atoms with Crippen LogP contribution in [-0.2, 0) is 21.4 Å². The predicted molar refractivity (Wildman–Crippen MR) is 161 cm³/mol. The minimum absolute atomic E-state index is 0.0142. The van der Waals surface area contributed by atoms with Crippen molar-refractivity contribution in [1.82, 2.24) is 5.43 Å². The number of anilines is 1. The molecule has 0 aromatic heterocycles. The van der Waals surface area contributed by atoms with Gasteiger partial charge in [0.05, 0.1) is 21.7 Å². The van der Waals surface area contributed by atoms with Gasteiger partial charge in [-0.15, -0.1) is 0 Å². The van der Waals surface area contributed by atoms with E-state index < -0.39 is 27.4 Å². The van der Waals surface area contributed by atoms with Gasteiger partial charge in [-0.1, -0.05) is 23.8 Å². The van der Waals surface area contributed by atoms with Crippen LogP contribution in [0.5, 0.6) is 5.75 Å². The van der Waals surface area contributed by atoms with Crippen molar-refractivity contribution in [3.05, 3.63) is 129 Å². The number of benzene rings is 4. The topological polar surface area (TPSA) is 131 Å². The average molecular weight is 587 g/mol. The van der Waals surface area contributed by atoms with Crippen molar-refractivity contribution in [1.29, 1.82) is 0 Å². The maximum Gasteiger partial charge on any atom is 0.269 e. The van der Waals surface area contributed by atoms with Crippen LogP contribution in [0.15, 0.2) is 101 Å². The molecule has 0 aliphatic heterocycles. The molecule has 4 aromatic carbocycles. The Bertz CT molecular complexity index is 1680. The highest BCUT2D eigenvalue weighted by atomic mass is 32.2. The molecule has 4 rings (SSSR count). The Kier molecular flexibility index (Phi) is 9.33. The van der Waals surface area contributed by atoms with Crippen LogP contribution in [0.1, 0.15) is 27.8 Å². The number of carbonyl (C=O) groups excluding carboxylic acids is 1. The van der Waals surface area contributed by atoms with E-state index in [4.69, 9.17) is 4.74 Å². The molecule has 0 aliphatic rings. The fourth-order valence-electron chi connectivity index (χ4n) is 4.12. The number of sulfonamides is 1. The molecular formula is C31H30N4O6S. The minimum atomic E-state index is -4.04. The normalized spacial score (nSPS) is 11.3. The monoisotopic (exact) mass is 586 g/mol. The molecule has 0 aliphatic carbocycles. The van der Waals surface area contributed by atoms with E-state index in [2.05, 4.69) is 10.5 Å². The number of hydrogen-bond donors (Lipinski definition) is 1. The summed E-state index contributed by atoms with van der Waals surface area (Å²) < 4.78 is 34.0. The lowest BCUT2D eigenvalue weighted by Gasteiger charge is -2.24. The van der Waals surface area contributed by atoms with E-state index in [1.807, 2.05) is 26.8 Å². The molecule has 0 radical (unpaired) electrons. The Hall–Kier alpha value is -5.03. The zero-order valence-electron chi connectivity index (χ0n) is 23.4. The van der Waals surface area contributed by atoms with Crippen LogP contribution in [0, 0.1) is 30.9 Å². The second-order valence-electron chi connectivity index (χ2n) is 9.75. The Morgan fingerprint density at radius 1 is 0.905 bits per heavy atom. The van der Waals surface area contributed by atoms with Gasteiger partial charge in [-0.3, -0.25) is 19.2 Å². The van der Waals surface area contributed by atoms with Gasteiger partial charge in [-0.25, -0.2) is 13.8 Å². The van der Waals surface area contributed by atoms with Crippen molar-refractivity contribution >= 4 is 33.5 Å². The standard InChI is InChI=1S/C31H30N4O6S/c1-22-4-14-30(15-5-22)42(39,40)34(28-17-23(2)16-24(3)18-28)20-31(36)33-32-19-25-8-12-29(13-9-25)41-21-26-6-10-27(11-7-26)35(37)38/h4-19H,20-21H2,1-3H3,(H,33,36)/b32-19-. The molecule has 0 saturated heterocycles. The summed E-state index contributed by atoms with van der Waals surface area (Å²) >= 11 is 0. The van der Waals surface area contributed by atoms with E-state index in [1.165, 1.54) is 30.5 Å². The van der Waals surface area contributed by atoms with Gasteiger partial charge in [0.2, 0.25) is 0 Å². The van der Waals surface area contributed by atoms with E-state index in [9.17, 15) is 23.3 Å². The third kappa shape index (κ3) is 7.79. The van der Waals surface area contributed by atoms with Crippen molar-refractivity contribution < 1.29 is 22.9 Å². The lowest BCUT2D eigenvalue weighted by Crippen LogP contribution is -2.39. The second-order valence-corrected chi connectivity index (χ2v) is 11.6. The van der Waals surface area contributed by atoms with Gasteiger partial charge in [0.15, 0.2) is 0 Å². The molecule has 0 atom stereocenters. The molecule has 0 spiro atoms. The SMILES string of the molecule is Cc1ccc(S(=O)(=O)N(CC(=O)N/N=C\c2ccc(OCc3ccc([N+](=O)[O-])cc3)cc2)c2cc(C)cc(C)c2)cc1. The van der Waals surface area contributed by atoms with E-state index in [-0.39, 0.29) is 17.2 Å². The lowest BCUT2D eigenvalue weighted by atomic mass is 10.1. The van der Waals surface area contributed by atoms with Crippen molar-refractivity contribution in [2.45, 2.75) is 32.3 Å². The number of nitrogens with zero attached hydrogens (tertiary/aromatic N) is 3. The number of carbonyl (C=O) groups is 1. The summed E-state index contributed by atoms with van der Waals surface area (Å²) in [6.07, 6.45) is 1.44. The Morgan fingerprint density at radius 2 is 1.52 bits per heavy atom. The summed E-state index contributed by atoms with van der Waals surface area (Å²) in [4.78, 5) is 23.3. The molecule has 0 unspecified atom stereocenters. The molecule has 4 aromatic rings. The summed E-state index contributed by atoms with van der Waals surface area (Å²) in [6.45, 7) is 5.37. The van der Waals surface area contributed by atoms with Gasteiger partial charge in [0.25, 0.3) is 21.6 Å². The van der Waals surface area contributed by atoms with Crippen LogP contribution in [-0.4, -0.2) is 32.0 Å². The maximum absolute atomic E-state index is 13.6. The van der Waals surface area contributed by atoms with Gasteiger partial charge >= 0.3 is 0 Å². The van der Waals surface area contributed by atoms with Crippen LogP contribution in [0.25, 0.3) is 0 Å². The van der Waals surface area contributed by atoms with Crippen LogP contribution in [0.4, 0.5) is 11.4 Å². The van der Waals surface area contributed by atoms with Crippen molar-refractivity contribution in [2.24, 2.45) is 5.10 Å². The number of hydrazone groups is 1. The molecule has 42 heavy (non-hydrogen) atoms. The van der Waals surface area contributed by atoms with Crippen molar-refractivity contribution in [3.8, 4) is 5.75 Å². The molecule has 11 heteroatoms. The highest BCUT2D eigenvalue weighted by Crippen LogP contribution is 2.26. The Morgan fingerprint density at radius 3 is 2.12 bits per heavy atom. The molecular weight excluding hydrogens is 556 g/mol. The highest BCUT2D eigenvalue weighted by Gasteiger charge is 2.27. The first-order chi connectivity index (χ1) is 20.0. The van der Waals surface area contributed by atoms with Gasteiger partial charge < -0.3 is 4.74 Å². The summed E-state index contributed by atoms with van der Waals surface area (Å²) in [5.74, 6) is -0.0240. The molecule has 0 fully saturated rings. The van der Waals surface area contributed by atoms with Gasteiger partial charge in [-0.2, -0.15) is 5.10 Å².